The summed E-state index contributed by atoms with van der Waals surface area (Å²) in [5, 5.41) is 8.69. The lowest BCUT2D eigenvalue weighted by atomic mass is 10.1. The number of aliphatic hydroxyl groups is 1. The third-order valence-electron chi connectivity index (χ3n) is 5.27. The highest BCUT2D eigenvalue weighted by Crippen LogP contribution is 2.40. The fourth-order valence-corrected chi connectivity index (χ4v) is 4.69. The van der Waals surface area contributed by atoms with Gasteiger partial charge in [0.05, 0.1) is 38.7 Å². The van der Waals surface area contributed by atoms with Crippen LogP contribution >= 0.6 is 36.6 Å². The van der Waals surface area contributed by atoms with Gasteiger partial charge in [-0.25, -0.2) is 4.99 Å². The van der Waals surface area contributed by atoms with Gasteiger partial charge in [0.25, 0.3) is 0 Å². The molecule has 2 aliphatic heterocycles. The largest absolute Gasteiger partial charge is 0.394 e. The Morgan fingerprint density at radius 3 is 2.22 bits per heavy atom. The summed E-state index contributed by atoms with van der Waals surface area (Å²) >= 11 is 1.80. The number of hydrogen-bond donors (Lipinski definition) is 1. The predicted molar refractivity (Wildman–Crippen MR) is 134 cm³/mol. The molecule has 0 aromatic heterocycles. The Morgan fingerprint density at radius 1 is 0.812 bits per heavy atom. The van der Waals surface area contributed by atoms with Gasteiger partial charge in [0, 0.05) is 48.1 Å². The van der Waals surface area contributed by atoms with E-state index < -0.39 is 0 Å². The molecule has 6 nitrogen and oxygen atoms in total. The topological polar surface area (TPSA) is 57.5 Å². The van der Waals surface area contributed by atoms with Crippen molar-refractivity contribution in [2.75, 3.05) is 65.8 Å². The van der Waals surface area contributed by atoms with Gasteiger partial charge >= 0.3 is 0 Å². The molecule has 0 aliphatic carbocycles. The standard InChI is InChI=1S/C23H29N3O3S.2ClH/c27-14-16-29-18-17-28-15-13-25-9-11-26(12-10-25)23-19-5-1-3-7-21(19)30-22-8-4-2-6-20(22)24-23;;/h1-8,27H,9-18H2;2*1H. The Kier molecular flexibility index (Phi) is 11.8. The van der Waals surface area contributed by atoms with Crippen molar-refractivity contribution >= 4 is 48.1 Å². The normalized spacial score (nSPS) is 15.5. The highest BCUT2D eigenvalue weighted by atomic mass is 35.5. The summed E-state index contributed by atoms with van der Waals surface area (Å²) in [5.41, 5.74) is 2.27. The average molecular weight is 500 g/mol. The van der Waals surface area contributed by atoms with E-state index in [1.807, 2.05) is 0 Å². The Balaban J connectivity index is 0.00000181. The highest BCUT2D eigenvalue weighted by Gasteiger charge is 2.24. The molecular formula is C23H31Cl2N3O3S. The van der Waals surface area contributed by atoms with E-state index in [9.17, 15) is 0 Å². The minimum absolute atomic E-state index is 0. The zero-order chi connectivity index (χ0) is 20.6. The van der Waals surface area contributed by atoms with Gasteiger partial charge in [-0.3, -0.25) is 4.90 Å². The van der Waals surface area contributed by atoms with Gasteiger partial charge in [0.1, 0.15) is 5.84 Å². The van der Waals surface area contributed by atoms with Crippen molar-refractivity contribution in [1.29, 1.82) is 0 Å². The van der Waals surface area contributed by atoms with Crippen LogP contribution in [-0.2, 0) is 9.47 Å². The van der Waals surface area contributed by atoms with Crippen molar-refractivity contribution in [2.24, 2.45) is 4.99 Å². The van der Waals surface area contributed by atoms with Crippen molar-refractivity contribution in [1.82, 2.24) is 9.80 Å². The summed E-state index contributed by atoms with van der Waals surface area (Å²) in [6, 6.07) is 17.0. The van der Waals surface area contributed by atoms with E-state index in [4.69, 9.17) is 19.6 Å². The molecule has 0 saturated carbocycles. The second-order valence-corrected chi connectivity index (χ2v) is 8.36. The number of aliphatic hydroxyl groups excluding tert-OH is 1. The van der Waals surface area contributed by atoms with Crippen LogP contribution in [0.5, 0.6) is 0 Å². The summed E-state index contributed by atoms with van der Waals surface area (Å²) in [7, 11) is 0. The second kappa shape index (κ2) is 14.1. The van der Waals surface area contributed by atoms with Crippen LogP contribution in [0, 0.1) is 0 Å². The van der Waals surface area contributed by atoms with Crippen molar-refractivity contribution < 1.29 is 14.6 Å². The number of nitrogens with zero attached hydrogens (tertiary/aromatic N) is 3. The smallest absolute Gasteiger partial charge is 0.137 e. The molecule has 1 saturated heterocycles. The van der Waals surface area contributed by atoms with Crippen LogP contribution in [-0.4, -0.2) is 86.5 Å². The number of fused-ring (bicyclic) bond motifs is 2. The minimum atomic E-state index is 0. The Hall–Kier alpha value is -1.32. The summed E-state index contributed by atoms with van der Waals surface area (Å²) in [6.45, 7) is 7.09. The number of amidine groups is 1. The molecule has 176 valence electrons. The number of benzene rings is 2. The fourth-order valence-electron chi connectivity index (χ4n) is 3.67. The van der Waals surface area contributed by atoms with E-state index in [2.05, 4.69) is 58.3 Å². The van der Waals surface area contributed by atoms with Crippen molar-refractivity contribution in [3.8, 4) is 0 Å². The van der Waals surface area contributed by atoms with Crippen molar-refractivity contribution in [3.05, 3.63) is 54.1 Å². The average Bonchev–Trinajstić information content (AvgIpc) is 2.96. The van der Waals surface area contributed by atoms with Crippen LogP contribution < -0.4 is 0 Å². The molecule has 0 amide bonds. The van der Waals surface area contributed by atoms with E-state index in [0.717, 1.165) is 44.2 Å². The maximum Gasteiger partial charge on any atom is 0.137 e. The molecular weight excluding hydrogens is 469 g/mol. The van der Waals surface area contributed by atoms with Crippen LogP contribution in [0.1, 0.15) is 5.56 Å². The molecule has 1 fully saturated rings. The van der Waals surface area contributed by atoms with Crippen LogP contribution in [0.2, 0.25) is 0 Å². The molecule has 32 heavy (non-hydrogen) atoms. The molecule has 0 unspecified atom stereocenters. The molecule has 2 aromatic carbocycles. The lowest BCUT2D eigenvalue weighted by Crippen LogP contribution is -2.49. The maximum atomic E-state index is 8.69. The fraction of sp³-hybridized carbons (Fsp3) is 0.435. The van der Waals surface area contributed by atoms with Gasteiger partial charge in [-0.2, -0.15) is 0 Å². The van der Waals surface area contributed by atoms with E-state index in [0.29, 0.717) is 26.4 Å². The summed E-state index contributed by atoms with van der Waals surface area (Å²) in [5.74, 6) is 1.08. The number of hydrogen-bond acceptors (Lipinski definition) is 7. The third kappa shape index (κ3) is 7.09. The number of aliphatic imine (C=N–C) groups is 1. The molecule has 2 aromatic rings. The SMILES string of the molecule is Cl.Cl.OCCOCCOCCN1CCN(C2=Nc3ccccc3Sc3ccccc32)CC1. The first-order valence-corrected chi connectivity index (χ1v) is 11.4. The Morgan fingerprint density at radius 2 is 1.47 bits per heavy atom. The van der Waals surface area contributed by atoms with Gasteiger partial charge in [0.15, 0.2) is 0 Å². The quantitative estimate of drug-likeness (QED) is 0.558. The lowest BCUT2D eigenvalue weighted by Gasteiger charge is -2.36. The van der Waals surface area contributed by atoms with Gasteiger partial charge in [-0.05, 0) is 18.2 Å². The Labute approximate surface area is 206 Å². The molecule has 0 spiro atoms. The van der Waals surface area contributed by atoms with Gasteiger partial charge in [-0.1, -0.05) is 42.1 Å². The molecule has 2 heterocycles. The van der Waals surface area contributed by atoms with E-state index in [-0.39, 0.29) is 31.4 Å². The van der Waals surface area contributed by atoms with Crippen LogP contribution in [0.4, 0.5) is 5.69 Å². The van der Waals surface area contributed by atoms with E-state index in [1.54, 1.807) is 11.8 Å². The zero-order valence-electron chi connectivity index (χ0n) is 18.0. The highest BCUT2D eigenvalue weighted by molar-refractivity contribution is 7.99. The zero-order valence-corrected chi connectivity index (χ0v) is 20.5. The molecule has 0 bridgehead atoms. The molecule has 1 N–H and O–H groups in total. The van der Waals surface area contributed by atoms with Crippen molar-refractivity contribution in [2.45, 2.75) is 9.79 Å². The van der Waals surface area contributed by atoms with Crippen LogP contribution in [0.15, 0.2) is 63.3 Å². The number of halogens is 2. The molecule has 4 rings (SSSR count). The van der Waals surface area contributed by atoms with Gasteiger partial charge in [0.2, 0.25) is 0 Å². The van der Waals surface area contributed by atoms with Crippen molar-refractivity contribution in [3.63, 3.8) is 0 Å². The first kappa shape index (κ1) is 26.9. The van der Waals surface area contributed by atoms with Gasteiger partial charge < -0.3 is 19.5 Å². The molecule has 0 radical (unpaired) electrons. The predicted octanol–water partition coefficient (Wildman–Crippen LogP) is 3.72. The van der Waals surface area contributed by atoms with Crippen LogP contribution in [0.25, 0.3) is 0 Å². The number of ether oxygens (including phenoxy) is 2. The van der Waals surface area contributed by atoms with E-state index >= 15 is 0 Å². The summed E-state index contributed by atoms with van der Waals surface area (Å²) in [6.07, 6.45) is 0. The number of rotatable bonds is 8. The first-order valence-electron chi connectivity index (χ1n) is 10.5. The molecule has 0 atom stereocenters. The number of piperazine rings is 1. The lowest BCUT2D eigenvalue weighted by molar-refractivity contribution is 0.0239. The third-order valence-corrected chi connectivity index (χ3v) is 6.41. The second-order valence-electron chi connectivity index (χ2n) is 7.28. The summed E-state index contributed by atoms with van der Waals surface area (Å²) in [4.78, 5) is 12.4. The minimum Gasteiger partial charge on any atom is -0.394 e. The van der Waals surface area contributed by atoms with Crippen LogP contribution in [0.3, 0.4) is 0 Å². The monoisotopic (exact) mass is 499 g/mol. The Bertz CT molecular complexity index is 864. The number of para-hydroxylation sites is 1. The van der Waals surface area contributed by atoms with Gasteiger partial charge in [-0.15, -0.1) is 24.8 Å². The summed E-state index contributed by atoms with van der Waals surface area (Å²) < 4.78 is 10.8. The molecule has 2 aliphatic rings. The maximum absolute atomic E-state index is 8.69. The molecule has 9 heteroatoms. The van der Waals surface area contributed by atoms with E-state index in [1.165, 1.54) is 15.4 Å². The first-order chi connectivity index (χ1) is 14.8.